The normalized spacial score (nSPS) is 17.3. The van der Waals surface area contributed by atoms with E-state index in [4.69, 9.17) is 0 Å². The van der Waals surface area contributed by atoms with Crippen molar-refractivity contribution in [2.45, 2.75) is 63.8 Å². The number of amides is 1. The van der Waals surface area contributed by atoms with Gasteiger partial charge in [-0.05, 0) is 56.0 Å². The Morgan fingerprint density at radius 2 is 1.89 bits per heavy atom. The van der Waals surface area contributed by atoms with E-state index in [9.17, 15) is 15.0 Å². The standard InChI is InChI=1S/C22H28N2O3/c1-3-22(2,16-12-13-18(25)19(26)15-16)21(27)24(17-9-5-4-6-10-17)20-11-7-8-14-23-20/h7-8,11-15,17,25-26H,3-6,9-10H2,1-2H3. The molecule has 144 valence electrons. The zero-order chi connectivity index (χ0) is 19.4. The fourth-order valence-corrected chi connectivity index (χ4v) is 3.90. The molecular weight excluding hydrogens is 340 g/mol. The minimum absolute atomic E-state index is 0.0133. The number of phenols is 2. The van der Waals surface area contributed by atoms with Crippen LogP contribution in [0.4, 0.5) is 5.82 Å². The molecule has 1 aliphatic rings. The van der Waals surface area contributed by atoms with Crippen molar-refractivity contribution in [1.82, 2.24) is 4.98 Å². The first-order valence-electron chi connectivity index (χ1n) is 9.74. The molecule has 1 fully saturated rings. The van der Waals surface area contributed by atoms with Crippen LogP contribution in [-0.4, -0.2) is 27.1 Å². The molecule has 1 amide bonds. The molecule has 2 N–H and O–H groups in total. The summed E-state index contributed by atoms with van der Waals surface area (Å²) in [4.78, 5) is 20.2. The van der Waals surface area contributed by atoms with Crippen LogP contribution in [0.2, 0.25) is 0 Å². The second-order valence-corrected chi connectivity index (χ2v) is 7.54. The molecule has 1 heterocycles. The van der Waals surface area contributed by atoms with E-state index in [1.54, 1.807) is 12.3 Å². The third-order valence-electron chi connectivity index (χ3n) is 5.85. The average molecular weight is 368 g/mol. The van der Waals surface area contributed by atoms with Gasteiger partial charge in [-0.25, -0.2) is 4.98 Å². The highest BCUT2D eigenvalue weighted by Crippen LogP contribution is 2.38. The highest BCUT2D eigenvalue weighted by atomic mass is 16.3. The van der Waals surface area contributed by atoms with Gasteiger partial charge in [0, 0.05) is 12.2 Å². The largest absolute Gasteiger partial charge is 0.504 e. The Balaban J connectivity index is 2.03. The lowest BCUT2D eigenvalue weighted by atomic mass is 9.77. The van der Waals surface area contributed by atoms with Gasteiger partial charge in [0.05, 0.1) is 5.41 Å². The fraction of sp³-hybridized carbons (Fsp3) is 0.455. The molecular formula is C22H28N2O3. The molecule has 0 aliphatic heterocycles. The van der Waals surface area contributed by atoms with Crippen LogP contribution in [0.15, 0.2) is 42.6 Å². The van der Waals surface area contributed by atoms with Crippen LogP contribution in [0.1, 0.15) is 57.9 Å². The Morgan fingerprint density at radius 3 is 2.48 bits per heavy atom. The minimum atomic E-state index is -0.819. The third-order valence-corrected chi connectivity index (χ3v) is 5.85. The highest BCUT2D eigenvalue weighted by molar-refractivity contribution is 6.00. The molecule has 0 radical (unpaired) electrons. The predicted molar refractivity (Wildman–Crippen MR) is 106 cm³/mol. The molecule has 5 nitrogen and oxygen atoms in total. The molecule has 3 rings (SSSR count). The lowest BCUT2D eigenvalue weighted by Gasteiger charge is -2.39. The SMILES string of the molecule is CCC(C)(C(=O)N(c1ccccn1)C1CCCCC1)c1ccc(O)c(O)c1. The van der Waals surface area contributed by atoms with Crippen LogP contribution < -0.4 is 4.90 Å². The molecule has 5 heteroatoms. The highest BCUT2D eigenvalue weighted by Gasteiger charge is 2.41. The van der Waals surface area contributed by atoms with E-state index in [0.29, 0.717) is 17.8 Å². The van der Waals surface area contributed by atoms with E-state index in [1.165, 1.54) is 18.6 Å². The van der Waals surface area contributed by atoms with E-state index in [0.717, 1.165) is 25.7 Å². The number of carbonyl (C=O) groups is 1. The summed E-state index contributed by atoms with van der Waals surface area (Å²) >= 11 is 0. The second-order valence-electron chi connectivity index (χ2n) is 7.54. The quantitative estimate of drug-likeness (QED) is 0.761. The minimum Gasteiger partial charge on any atom is -0.504 e. The smallest absolute Gasteiger partial charge is 0.238 e. The molecule has 1 saturated carbocycles. The Hall–Kier alpha value is -2.56. The van der Waals surface area contributed by atoms with Crippen molar-refractivity contribution < 1.29 is 15.0 Å². The number of anilines is 1. The number of nitrogens with zero attached hydrogens (tertiary/aromatic N) is 2. The maximum Gasteiger partial charge on any atom is 0.238 e. The molecule has 1 unspecified atom stereocenters. The summed E-state index contributed by atoms with van der Waals surface area (Å²) in [5.41, 5.74) is -0.123. The molecule has 0 bridgehead atoms. The Bertz CT molecular complexity index is 787. The van der Waals surface area contributed by atoms with Crippen LogP contribution in [0.3, 0.4) is 0 Å². The van der Waals surface area contributed by atoms with Crippen LogP contribution in [0, 0.1) is 0 Å². The van der Waals surface area contributed by atoms with Crippen molar-refractivity contribution in [2.24, 2.45) is 0 Å². The number of phenolic OH excluding ortho intramolecular Hbond substituents is 2. The van der Waals surface area contributed by atoms with Gasteiger partial charge in [-0.3, -0.25) is 9.69 Å². The number of carbonyl (C=O) groups excluding carboxylic acids is 1. The summed E-state index contributed by atoms with van der Waals surface area (Å²) in [6.45, 7) is 3.87. The second kappa shape index (κ2) is 7.99. The number of pyridine rings is 1. The van der Waals surface area contributed by atoms with E-state index >= 15 is 0 Å². The maximum absolute atomic E-state index is 13.8. The van der Waals surface area contributed by atoms with Gasteiger partial charge >= 0.3 is 0 Å². The topological polar surface area (TPSA) is 73.7 Å². The van der Waals surface area contributed by atoms with Gasteiger partial charge in [-0.1, -0.05) is 38.3 Å². The first-order valence-corrected chi connectivity index (χ1v) is 9.74. The first kappa shape index (κ1) is 19.2. The monoisotopic (exact) mass is 368 g/mol. The number of aromatic hydroxyl groups is 2. The van der Waals surface area contributed by atoms with Gasteiger partial charge in [0.15, 0.2) is 11.5 Å². The van der Waals surface area contributed by atoms with Gasteiger partial charge in [0.25, 0.3) is 0 Å². The summed E-state index contributed by atoms with van der Waals surface area (Å²) in [5, 5.41) is 19.6. The molecule has 1 atom stereocenters. The van der Waals surface area contributed by atoms with E-state index in [-0.39, 0.29) is 23.4 Å². The zero-order valence-corrected chi connectivity index (χ0v) is 16.1. The Kier molecular flexibility index (Phi) is 5.68. The van der Waals surface area contributed by atoms with Crippen LogP contribution in [0.5, 0.6) is 11.5 Å². The Labute approximate surface area is 160 Å². The van der Waals surface area contributed by atoms with Crippen molar-refractivity contribution in [3.05, 3.63) is 48.2 Å². The fourth-order valence-electron chi connectivity index (χ4n) is 3.90. The van der Waals surface area contributed by atoms with E-state index in [1.807, 2.05) is 36.9 Å². The number of rotatable bonds is 5. The molecule has 0 spiro atoms. The average Bonchev–Trinajstić information content (AvgIpc) is 2.71. The lowest BCUT2D eigenvalue weighted by molar-refractivity contribution is -0.124. The van der Waals surface area contributed by atoms with Crippen LogP contribution in [0.25, 0.3) is 0 Å². The maximum atomic E-state index is 13.8. The lowest BCUT2D eigenvalue weighted by Crippen LogP contribution is -2.51. The summed E-state index contributed by atoms with van der Waals surface area (Å²) in [7, 11) is 0. The van der Waals surface area contributed by atoms with Crippen molar-refractivity contribution in [3.8, 4) is 11.5 Å². The zero-order valence-electron chi connectivity index (χ0n) is 16.1. The van der Waals surface area contributed by atoms with Gasteiger partial charge in [-0.15, -0.1) is 0 Å². The molecule has 1 aliphatic carbocycles. The van der Waals surface area contributed by atoms with Crippen molar-refractivity contribution in [1.29, 1.82) is 0 Å². The summed E-state index contributed by atoms with van der Waals surface area (Å²) in [6.07, 6.45) is 7.68. The van der Waals surface area contributed by atoms with E-state index < -0.39 is 5.41 Å². The number of aromatic nitrogens is 1. The van der Waals surface area contributed by atoms with Crippen LogP contribution in [-0.2, 0) is 10.2 Å². The van der Waals surface area contributed by atoms with Gasteiger partial charge in [0.1, 0.15) is 5.82 Å². The van der Waals surface area contributed by atoms with Crippen molar-refractivity contribution in [3.63, 3.8) is 0 Å². The van der Waals surface area contributed by atoms with Gasteiger partial charge < -0.3 is 10.2 Å². The van der Waals surface area contributed by atoms with Crippen molar-refractivity contribution in [2.75, 3.05) is 4.90 Å². The first-order chi connectivity index (χ1) is 13.0. The van der Waals surface area contributed by atoms with Crippen LogP contribution >= 0.6 is 0 Å². The number of hydrogen-bond acceptors (Lipinski definition) is 4. The van der Waals surface area contributed by atoms with Gasteiger partial charge in [0.2, 0.25) is 5.91 Å². The third kappa shape index (κ3) is 3.77. The molecule has 0 saturated heterocycles. The number of benzene rings is 1. The molecule has 1 aromatic heterocycles. The van der Waals surface area contributed by atoms with Crippen molar-refractivity contribution >= 4 is 11.7 Å². The van der Waals surface area contributed by atoms with Gasteiger partial charge in [-0.2, -0.15) is 0 Å². The summed E-state index contributed by atoms with van der Waals surface area (Å²) in [5.74, 6) is 0.276. The predicted octanol–water partition coefficient (Wildman–Crippen LogP) is 4.53. The summed E-state index contributed by atoms with van der Waals surface area (Å²) in [6, 6.07) is 10.4. The molecule has 2 aromatic rings. The Morgan fingerprint density at radius 1 is 1.15 bits per heavy atom. The summed E-state index contributed by atoms with van der Waals surface area (Å²) < 4.78 is 0. The number of hydrogen-bond donors (Lipinski definition) is 2. The molecule has 1 aromatic carbocycles. The van der Waals surface area contributed by atoms with E-state index in [2.05, 4.69) is 4.98 Å². The molecule has 27 heavy (non-hydrogen) atoms.